The Labute approximate surface area is 109 Å². The molecule has 98 valence electrons. The third-order valence-corrected chi connectivity index (χ3v) is 3.54. The number of fused-ring (bicyclic) bond motifs is 1. The molecular weight excluding hydrogens is 224 g/mol. The normalized spacial score (nSPS) is 12.9. The van der Waals surface area contributed by atoms with Crippen molar-refractivity contribution in [2.45, 2.75) is 32.9 Å². The van der Waals surface area contributed by atoms with Gasteiger partial charge in [-0.15, -0.1) is 0 Å². The summed E-state index contributed by atoms with van der Waals surface area (Å²) >= 11 is 0. The van der Waals surface area contributed by atoms with Crippen LogP contribution in [0.5, 0.6) is 5.75 Å². The zero-order chi connectivity index (χ0) is 13.1. The van der Waals surface area contributed by atoms with Gasteiger partial charge < -0.3 is 14.6 Å². The van der Waals surface area contributed by atoms with Gasteiger partial charge in [-0.2, -0.15) is 0 Å². The number of methoxy groups -OCH3 is 1. The molecule has 0 fully saturated rings. The largest absolute Gasteiger partial charge is 0.496 e. The summed E-state index contributed by atoms with van der Waals surface area (Å²) in [7, 11) is 3.73. The molecule has 0 aliphatic heterocycles. The fourth-order valence-electron chi connectivity index (χ4n) is 2.45. The third kappa shape index (κ3) is 2.23. The van der Waals surface area contributed by atoms with Crippen molar-refractivity contribution < 1.29 is 4.74 Å². The van der Waals surface area contributed by atoms with Crippen LogP contribution < -0.4 is 10.1 Å². The molecule has 2 rings (SSSR count). The van der Waals surface area contributed by atoms with E-state index >= 15 is 0 Å². The molecule has 0 bridgehead atoms. The number of aromatic nitrogens is 1. The predicted octanol–water partition coefficient (Wildman–Crippen LogP) is 2.82. The number of likely N-dealkylation sites (N-methyl/N-ethyl adjacent to an activating group) is 1. The Hall–Kier alpha value is -1.48. The monoisotopic (exact) mass is 246 g/mol. The van der Waals surface area contributed by atoms with Crippen LogP contribution in [-0.2, 0) is 13.0 Å². The SMILES string of the molecule is CCn1c(CC(C)NC)cc2c(OC)cccc21. The quantitative estimate of drug-likeness (QED) is 0.878. The Morgan fingerprint density at radius 2 is 2.17 bits per heavy atom. The zero-order valence-electron chi connectivity index (χ0n) is 11.7. The molecule has 1 atom stereocenters. The maximum atomic E-state index is 5.44. The maximum absolute atomic E-state index is 5.44. The smallest absolute Gasteiger partial charge is 0.128 e. The van der Waals surface area contributed by atoms with Crippen molar-refractivity contribution in [2.24, 2.45) is 0 Å². The molecule has 0 saturated carbocycles. The Morgan fingerprint density at radius 1 is 1.39 bits per heavy atom. The fourth-order valence-corrected chi connectivity index (χ4v) is 2.45. The van der Waals surface area contributed by atoms with E-state index in [1.165, 1.54) is 16.6 Å². The molecule has 18 heavy (non-hydrogen) atoms. The van der Waals surface area contributed by atoms with Crippen molar-refractivity contribution in [1.29, 1.82) is 0 Å². The van der Waals surface area contributed by atoms with Gasteiger partial charge in [0.05, 0.1) is 12.6 Å². The molecule has 0 aliphatic carbocycles. The standard InChI is InChI=1S/C15H22N2O/c1-5-17-12(9-11(2)16-3)10-13-14(17)7-6-8-15(13)18-4/h6-8,10-11,16H,5,9H2,1-4H3. The molecule has 0 aliphatic rings. The van der Waals surface area contributed by atoms with Crippen LogP contribution in [0, 0.1) is 0 Å². The average molecular weight is 246 g/mol. The van der Waals surface area contributed by atoms with Gasteiger partial charge in [0.25, 0.3) is 0 Å². The molecular formula is C15H22N2O. The van der Waals surface area contributed by atoms with E-state index in [9.17, 15) is 0 Å². The lowest BCUT2D eigenvalue weighted by molar-refractivity contribution is 0.420. The number of nitrogens with one attached hydrogen (secondary N) is 1. The summed E-state index contributed by atoms with van der Waals surface area (Å²) in [4.78, 5) is 0. The minimum Gasteiger partial charge on any atom is -0.496 e. The van der Waals surface area contributed by atoms with Crippen LogP contribution in [0.15, 0.2) is 24.3 Å². The van der Waals surface area contributed by atoms with Gasteiger partial charge >= 0.3 is 0 Å². The number of hydrogen-bond donors (Lipinski definition) is 1. The van der Waals surface area contributed by atoms with Crippen molar-refractivity contribution in [1.82, 2.24) is 9.88 Å². The van der Waals surface area contributed by atoms with Crippen molar-refractivity contribution in [2.75, 3.05) is 14.2 Å². The van der Waals surface area contributed by atoms with Crippen molar-refractivity contribution >= 4 is 10.9 Å². The molecule has 1 aromatic carbocycles. The molecule has 0 saturated heterocycles. The second-order valence-corrected chi connectivity index (χ2v) is 4.67. The highest BCUT2D eigenvalue weighted by Gasteiger charge is 2.12. The summed E-state index contributed by atoms with van der Waals surface area (Å²) < 4.78 is 7.81. The molecule has 1 heterocycles. The topological polar surface area (TPSA) is 26.2 Å². The fraction of sp³-hybridized carbons (Fsp3) is 0.467. The zero-order valence-corrected chi connectivity index (χ0v) is 11.7. The van der Waals surface area contributed by atoms with Crippen molar-refractivity contribution in [3.05, 3.63) is 30.0 Å². The van der Waals surface area contributed by atoms with Gasteiger partial charge in [0.15, 0.2) is 0 Å². The molecule has 0 amide bonds. The van der Waals surface area contributed by atoms with Crippen LogP contribution in [0.4, 0.5) is 0 Å². The summed E-state index contributed by atoms with van der Waals surface area (Å²) in [5.74, 6) is 0.957. The molecule has 3 heteroatoms. The number of hydrogen-bond acceptors (Lipinski definition) is 2. The second-order valence-electron chi connectivity index (χ2n) is 4.67. The second kappa shape index (κ2) is 5.44. The lowest BCUT2D eigenvalue weighted by atomic mass is 10.1. The summed E-state index contributed by atoms with van der Waals surface area (Å²) in [6.07, 6.45) is 1.03. The number of aryl methyl sites for hydroxylation is 1. The van der Waals surface area contributed by atoms with Crippen LogP contribution in [0.25, 0.3) is 10.9 Å². The Morgan fingerprint density at radius 3 is 2.78 bits per heavy atom. The number of benzene rings is 1. The van der Waals surface area contributed by atoms with E-state index in [0.29, 0.717) is 6.04 Å². The highest BCUT2D eigenvalue weighted by molar-refractivity contribution is 5.87. The average Bonchev–Trinajstić information content (AvgIpc) is 2.75. The summed E-state index contributed by atoms with van der Waals surface area (Å²) in [6, 6.07) is 8.97. The minimum atomic E-state index is 0.477. The van der Waals surface area contributed by atoms with Crippen LogP contribution in [-0.4, -0.2) is 24.8 Å². The van der Waals surface area contributed by atoms with E-state index in [0.717, 1.165) is 18.7 Å². The summed E-state index contributed by atoms with van der Waals surface area (Å²) in [5, 5.41) is 4.50. The Kier molecular flexibility index (Phi) is 3.92. The van der Waals surface area contributed by atoms with E-state index < -0.39 is 0 Å². The van der Waals surface area contributed by atoms with Crippen LogP contribution in [0.1, 0.15) is 19.5 Å². The van der Waals surface area contributed by atoms with E-state index in [1.54, 1.807) is 7.11 Å². The van der Waals surface area contributed by atoms with Crippen LogP contribution >= 0.6 is 0 Å². The molecule has 0 spiro atoms. The molecule has 0 radical (unpaired) electrons. The van der Waals surface area contributed by atoms with E-state index in [-0.39, 0.29) is 0 Å². The molecule has 3 nitrogen and oxygen atoms in total. The van der Waals surface area contributed by atoms with Gasteiger partial charge in [-0.3, -0.25) is 0 Å². The molecule has 1 N–H and O–H groups in total. The molecule has 1 unspecified atom stereocenters. The Bertz CT molecular complexity index is 531. The maximum Gasteiger partial charge on any atom is 0.128 e. The van der Waals surface area contributed by atoms with E-state index in [1.807, 2.05) is 13.1 Å². The van der Waals surface area contributed by atoms with Gasteiger partial charge in [-0.1, -0.05) is 6.07 Å². The highest BCUT2D eigenvalue weighted by atomic mass is 16.5. The lowest BCUT2D eigenvalue weighted by Crippen LogP contribution is -2.24. The van der Waals surface area contributed by atoms with Crippen LogP contribution in [0.3, 0.4) is 0 Å². The first-order valence-electron chi connectivity index (χ1n) is 6.53. The van der Waals surface area contributed by atoms with Gasteiger partial charge in [-0.05, 0) is 39.1 Å². The first-order valence-corrected chi connectivity index (χ1v) is 6.53. The van der Waals surface area contributed by atoms with E-state index in [4.69, 9.17) is 4.74 Å². The number of ether oxygens (including phenoxy) is 1. The van der Waals surface area contributed by atoms with Crippen LogP contribution in [0.2, 0.25) is 0 Å². The minimum absolute atomic E-state index is 0.477. The third-order valence-electron chi connectivity index (χ3n) is 3.54. The van der Waals surface area contributed by atoms with Crippen molar-refractivity contribution in [3.8, 4) is 5.75 Å². The first kappa shape index (κ1) is 13.0. The predicted molar refractivity (Wildman–Crippen MR) is 76.4 cm³/mol. The summed E-state index contributed by atoms with van der Waals surface area (Å²) in [6.45, 7) is 5.38. The summed E-state index contributed by atoms with van der Waals surface area (Å²) in [5.41, 5.74) is 2.62. The molecule has 1 aromatic heterocycles. The molecule has 2 aromatic rings. The van der Waals surface area contributed by atoms with Crippen molar-refractivity contribution in [3.63, 3.8) is 0 Å². The highest BCUT2D eigenvalue weighted by Crippen LogP contribution is 2.29. The lowest BCUT2D eigenvalue weighted by Gasteiger charge is -2.12. The van der Waals surface area contributed by atoms with Gasteiger partial charge in [0.1, 0.15) is 5.75 Å². The number of nitrogens with zero attached hydrogens (tertiary/aromatic N) is 1. The first-order chi connectivity index (χ1) is 8.71. The Balaban J connectivity index is 2.53. The van der Waals surface area contributed by atoms with Gasteiger partial charge in [0.2, 0.25) is 0 Å². The van der Waals surface area contributed by atoms with Gasteiger partial charge in [-0.25, -0.2) is 0 Å². The van der Waals surface area contributed by atoms with E-state index in [2.05, 4.69) is 41.9 Å². The number of rotatable bonds is 5. The van der Waals surface area contributed by atoms with Gasteiger partial charge in [0, 0.05) is 30.1 Å².